The van der Waals surface area contributed by atoms with Gasteiger partial charge in [-0.2, -0.15) is 0 Å². The summed E-state index contributed by atoms with van der Waals surface area (Å²) < 4.78 is 16.1. The number of rotatable bonds is 7. The molecule has 0 heterocycles. The summed E-state index contributed by atoms with van der Waals surface area (Å²) in [6.45, 7) is 6.00. The molecule has 0 saturated carbocycles. The predicted octanol–water partition coefficient (Wildman–Crippen LogP) is 2.51. The van der Waals surface area contributed by atoms with Crippen molar-refractivity contribution in [3.8, 4) is 0 Å². The Labute approximate surface area is 85.5 Å². The third-order valence-electron chi connectivity index (χ3n) is 1.75. The Hall–Kier alpha value is -0.470. The Bertz CT molecular complexity index is 203. The number of hydrogen-bond acceptors (Lipinski definition) is 3. The van der Waals surface area contributed by atoms with Crippen LogP contribution in [0, 0.1) is 11.8 Å². The van der Waals surface area contributed by atoms with E-state index < -0.39 is 19.9 Å². The lowest BCUT2D eigenvalue weighted by Gasteiger charge is -2.08. The molecular weight excluding hydrogens is 203 g/mol. The first-order valence-corrected chi connectivity index (χ1v) is 6.14. The second-order valence-corrected chi connectivity index (χ2v) is 4.89. The second kappa shape index (κ2) is 6.91. The third kappa shape index (κ3) is 6.06. The zero-order valence-corrected chi connectivity index (χ0v) is 9.79. The van der Waals surface area contributed by atoms with Gasteiger partial charge < -0.3 is 5.11 Å². The molecule has 5 heteroatoms. The molecule has 0 aromatic carbocycles. The number of aliphatic carboxylic acids is 1. The van der Waals surface area contributed by atoms with Crippen molar-refractivity contribution in [2.45, 2.75) is 27.2 Å². The van der Waals surface area contributed by atoms with Crippen molar-refractivity contribution in [2.75, 3.05) is 12.8 Å². The molecule has 0 aliphatic rings. The van der Waals surface area contributed by atoms with E-state index in [0.717, 1.165) is 0 Å². The molecule has 0 saturated heterocycles. The first kappa shape index (κ1) is 13.5. The number of carboxylic acids is 1. The van der Waals surface area contributed by atoms with E-state index in [0.29, 0.717) is 18.9 Å². The quantitative estimate of drug-likeness (QED) is 0.671. The fraction of sp³-hybridized carbons (Fsp3) is 0.889. The van der Waals surface area contributed by atoms with E-state index in [1.54, 1.807) is 6.92 Å². The van der Waals surface area contributed by atoms with Gasteiger partial charge in [0.05, 0.1) is 6.61 Å². The van der Waals surface area contributed by atoms with Crippen LogP contribution in [0.4, 0.5) is 0 Å². The largest absolute Gasteiger partial charge is 0.508 e. The lowest BCUT2D eigenvalue weighted by molar-refractivity contribution is -0.141. The van der Waals surface area contributed by atoms with Crippen LogP contribution in [-0.2, 0) is 13.9 Å². The maximum atomic E-state index is 11.2. The van der Waals surface area contributed by atoms with Crippen LogP contribution >= 0.6 is 8.03 Å². The van der Waals surface area contributed by atoms with Crippen LogP contribution in [0.25, 0.3) is 0 Å². The topological polar surface area (TPSA) is 63.6 Å². The Morgan fingerprint density at radius 3 is 2.43 bits per heavy atom. The van der Waals surface area contributed by atoms with Crippen LogP contribution in [0.1, 0.15) is 27.2 Å². The molecule has 0 rings (SSSR count). The van der Waals surface area contributed by atoms with Crippen molar-refractivity contribution in [3.05, 3.63) is 0 Å². The maximum absolute atomic E-state index is 11.2. The predicted molar refractivity (Wildman–Crippen MR) is 54.7 cm³/mol. The summed E-state index contributed by atoms with van der Waals surface area (Å²) >= 11 is 0. The van der Waals surface area contributed by atoms with E-state index in [2.05, 4.69) is 0 Å². The molecule has 4 nitrogen and oxygen atoms in total. The van der Waals surface area contributed by atoms with Gasteiger partial charge in [-0.1, -0.05) is 13.8 Å². The van der Waals surface area contributed by atoms with E-state index in [9.17, 15) is 9.36 Å². The highest BCUT2D eigenvalue weighted by molar-refractivity contribution is 7.39. The molecule has 82 valence electrons. The molecule has 0 fully saturated rings. The van der Waals surface area contributed by atoms with Crippen molar-refractivity contribution in [1.29, 1.82) is 0 Å². The van der Waals surface area contributed by atoms with Crippen molar-refractivity contribution in [2.24, 2.45) is 11.8 Å². The summed E-state index contributed by atoms with van der Waals surface area (Å²) in [4.78, 5) is 10.8. The molecule has 0 aromatic rings. The fourth-order valence-electron chi connectivity index (χ4n) is 1.20. The Balaban J connectivity index is 4.09. The van der Waals surface area contributed by atoms with Gasteiger partial charge in [-0.25, -0.2) is 0 Å². The van der Waals surface area contributed by atoms with E-state index in [4.69, 9.17) is 9.63 Å². The van der Waals surface area contributed by atoms with Crippen LogP contribution in [0.2, 0.25) is 0 Å². The van der Waals surface area contributed by atoms with Gasteiger partial charge in [0.2, 0.25) is 0 Å². The first-order valence-electron chi connectivity index (χ1n) is 4.77. The summed E-state index contributed by atoms with van der Waals surface area (Å²) in [6, 6.07) is 0. The minimum Gasteiger partial charge on any atom is -0.481 e. The molecule has 0 aliphatic carbocycles. The number of carboxylic acid groups (broad SMARTS) is 1. The van der Waals surface area contributed by atoms with Gasteiger partial charge in [0.25, 0.3) is 0 Å². The summed E-state index contributed by atoms with van der Waals surface area (Å²) in [7, 11) is -1.81. The van der Waals surface area contributed by atoms with Crippen LogP contribution in [0.5, 0.6) is 0 Å². The van der Waals surface area contributed by atoms with Gasteiger partial charge in [-0.05, 0) is 23.8 Å². The minimum absolute atomic E-state index is 0.122. The molecule has 2 unspecified atom stereocenters. The average molecular weight is 221 g/mol. The minimum atomic E-state index is -1.81. The van der Waals surface area contributed by atoms with Gasteiger partial charge >= 0.3 is 14.0 Å². The van der Waals surface area contributed by atoms with Crippen molar-refractivity contribution in [1.82, 2.24) is 0 Å². The van der Waals surface area contributed by atoms with Gasteiger partial charge in [-0.3, -0.25) is 4.79 Å². The highest BCUT2D eigenvalue weighted by Gasteiger charge is 2.30. The number of hydrogen-bond donors (Lipinski definition) is 1. The Morgan fingerprint density at radius 1 is 1.50 bits per heavy atom. The SMILES string of the molecule is CCO[P+](=O)CC(CC(C)C)C(=O)O. The van der Waals surface area contributed by atoms with Crippen molar-refractivity contribution in [3.63, 3.8) is 0 Å². The first-order chi connectivity index (χ1) is 6.47. The summed E-state index contributed by atoms with van der Waals surface area (Å²) in [6.07, 6.45) is 0.667. The van der Waals surface area contributed by atoms with Gasteiger partial charge in [-0.15, -0.1) is 4.52 Å². The lowest BCUT2D eigenvalue weighted by atomic mass is 9.99. The second-order valence-electron chi connectivity index (χ2n) is 3.60. The molecule has 0 radical (unpaired) electrons. The average Bonchev–Trinajstić information content (AvgIpc) is 2.02. The van der Waals surface area contributed by atoms with Gasteiger partial charge in [0.1, 0.15) is 5.92 Å². The zero-order valence-electron chi connectivity index (χ0n) is 8.90. The van der Waals surface area contributed by atoms with E-state index >= 15 is 0 Å². The molecule has 0 amide bonds. The highest BCUT2D eigenvalue weighted by atomic mass is 31.1. The molecule has 0 bridgehead atoms. The molecule has 14 heavy (non-hydrogen) atoms. The maximum Gasteiger partial charge on any atom is 0.508 e. The van der Waals surface area contributed by atoms with E-state index in [-0.39, 0.29) is 6.16 Å². The number of carbonyl (C=O) groups is 1. The van der Waals surface area contributed by atoms with E-state index in [1.807, 2.05) is 13.8 Å². The third-order valence-corrected chi connectivity index (χ3v) is 3.03. The monoisotopic (exact) mass is 221 g/mol. The van der Waals surface area contributed by atoms with Crippen molar-refractivity contribution >= 4 is 14.0 Å². The van der Waals surface area contributed by atoms with Gasteiger partial charge in [0, 0.05) is 0 Å². The normalized spacial score (nSPS) is 14.1. The van der Waals surface area contributed by atoms with Crippen LogP contribution in [0.15, 0.2) is 0 Å². The van der Waals surface area contributed by atoms with Gasteiger partial charge in [0.15, 0.2) is 6.16 Å². The van der Waals surface area contributed by atoms with E-state index in [1.165, 1.54) is 0 Å². The molecular formula is C9H18O4P+. The van der Waals surface area contributed by atoms with Crippen LogP contribution < -0.4 is 0 Å². The summed E-state index contributed by atoms with van der Waals surface area (Å²) in [5.74, 6) is -1.15. The molecule has 0 spiro atoms. The highest BCUT2D eigenvalue weighted by Crippen LogP contribution is 2.28. The molecule has 2 atom stereocenters. The fourth-order valence-corrected chi connectivity index (χ4v) is 2.26. The smallest absolute Gasteiger partial charge is 0.481 e. The molecule has 1 N–H and O–H groups in total. The van der Waals surface area contributed by atoms with Crippen LogP contribution in [0.3, 0.4) is 0 Å². The Morgan fingerprint density at radius 2 is 2.07 bits per heavy atom. The zero-order chi connectivity index (χ0) is 11.1. The standard InChI is InChI=1S/C9H17O4P/c1-4-13-14(12)6-8(9(10)11)5-7(2)3/h7-8H,4-6H2,1-3H3/p+1. The summed E-state index contributed by atoms with van der Waals surface area (Å²) in [5, 5.41) is 8.86. The molecule has 0 aliphatic heterocycles. The van der Waals surface area contributed by atoms with Crippen LogP contribution in [-0.4, -0.2) is 23.8 Å². The Kier molecular flexibility index (Phi) is 6.67. The summed E-state index contributed by atoms with van der Waals surface area (Å²) in [5.41, 5.74) is 0. The lowest BCUT2D eigenvalue weighted by Crippen LogP contribution is -2.18. The van der Waals surface area contributed by atoms with Crippen molar-refractivity contribution < 1.29 is 19.0 Å². The molecule has 0 aromatic heterocycles.